The fourth-order valence-electron chi connectivity index (χ4n) is 2.48. The quantitative estimate of drug-likeness (QED) is 0.828. The van der Waals surface area contributed by atoms with Gasteiger partial charge < -0.3 is 5.32 Å². The van der Waals surface area contributed by atoms with E-state index in [0.29, 0.717) is 11.4 Å². The number of carbonyl (C=O) groups excluding carboxylic acids is 2. The summed E-state index contributed by atoms with van der Waals surface area (Å²) in [6.07, 6.45) is 5.08. The summed E-state index contributed by atoms with van der Waals surface area (Å²) in [6.45, 7) is 3.25. The maximum atomic E-state index is 12.6. The van der Waals surface area contributed by atoms with Gasteiger partial charge in [-0.3, -0.25) is 19.7 Å². The molecular weight excluding hydrogens is 324 g/mol. The Kier molecular flexibility index (Phi) is 4.64. The van der Waals surface area contributed by atoms with Crippen LogP contribution in [-0.2, 0) is 11.3 Å². The van der Waals surface area contributed by atoms with Crippen LogP contribution in [0.3, 0.4) is 0 Å². The van der Waals surface area contributed by atoms with Gasteiger partial charge in [0.25, 0.3) is 0 Å². The van der Waals surface area contributed by atoms with E-state index in [9.17, 15) is 14.4 Å². The summed E-state index contributed by atoms with van der Waals surface area (Å²) in [5.74, 6) is -0.113. The summed E-state index contributed by atoms with van der Waals surface area (Å²) in [7, 11) is 0. The van der Waals surface area contributed by atoms with E-state index in [1.807, 2.05) is 6.07 Å². The number of hydrogen-bond acceptors (Lipinski definition) is 5. The van der Waals surface area contributed by atoms with E-state index < -0.39 is 11.9 Å². The summed E-state index contributed by atoms with van der Waals surface area (Å²) >= 11 is 0. The lowest BCUT2D eigenvalue weighted by Crippen LogP contribution is -2.44. The van der Waals surface area contributed by atoms with Gasteiger partial charge in [-0.2, -0.15) is 0 Å². The molecule has 0 unspecified atom stereocenters. The zero-order valence-corrected chi connectivity index (χ0v) is 14.1. The standard InChI is InChI=1S/C16H20N6O3/c1-10(2)18-15(24)19-13(23)9-21-16(25)22(12-5-6-12)14(20-21)11-4-3-7-17-8-11/h3-4,7-8,10,12H,5-6,9H2,1-2H3,(H2,18,19,23,24). The first kappa shape index (κ1) is 16.9. The molecule has 3 rings (SSSR count). The van der Waals surface area contributed by atoms with Crippen LogP contribution in [-0.4, -0.2) is 37.3 Å². The van der Waals surface area contributed by atoms with Gasteiger partial charge >= 0.3 is 11.7 Å². The van der Waals surface area contributed by atoms with Crippen molar-refractivity contribution in [3.8, 4) is 11.4 Å². The highest BCUT2D eigenvalue weighted by atomic mass is 16.2. The predicted molar refractivity (Wildman–Crippen MR) is 89.8 cm³/mol. The van der Waals surface area contributed by atoms with Gasteiger partial charge in [0.1, 0.15) is 6.54 Å². The second-order valence-electron chi connectivity index (χ2n) is 6.28. The van der Waals surface area contributed by atoms with Crippen LogP contribution >= 0.6 is 0 Å². The van der Waals surface area contributed by atoms with Crippen molar-refractivity contribution >= 4 is 11.9 Å². The first-order chi connectivity index (χ1) is 12.0. The van der Waals surface area contributed by atoms with Gasteiger partial charge in [-0.15, -0.1) is 5.10 Å². The highest BCUT2D eigenvalue weighted by Crippen LogP contribution is 2.36. The molecule has 0 radical (unpaired) electrons. The minimum absolute atomic E-state index is 0.0956. The monoisotopic (exact) mass is 344 g/mol. The van der Waals surface area contributed by atoms with Crippen molar-refractivity contribution in [3.05, 3.63) is 35.0 Å². The van der Waals surface area contributed by atoms with Crippen molar-refractivity contribution in [1.82, 2.24) is 30.0 Å². The van der Waals surface area contributed by atoms with E-state index in [1.165, 1.54) is 0 Å². The first-order valence-electron chi connectivity index (χ1n) is 8.16. The Balaban J connectivity index is 1.82. The molecule has 0 atom stereocenters. The Morgan fingerprint density at radius 2 is 2.12 bits per heavy atom. The summed E-state index contributed by atoms with van der Waals surface area (Å²) in [4.78, 5) is 40.3. The summed E-state index contributed by atoms with van der Waals surface area (Å²) < 4.78 is 2.68. The summed E-state index contributed by atoms with van der Waals surface area (Å²) in [5.41, 5.74) is 0.351. The second kappa shape index (κ2) is 6.88. The average Bonchev–Trinajstić information content (AvgIpc) is 3.33. The Morgan fingerprint density at radius 1 is 1.36 bits per heavy atom. The van der Waals surface area contributed by atoms with Gasteiger partial charge in [-0.1, -0.05) is 0 Å². The molecule has 9 heteroatoms. The zero-order valence-electron chi connectivity index (χ0n) is 14.1. The van der Waals surface area contributed by atoms with Gasteiger partial charge in [0.2, 0.25) is 5.91 Å². The van der Waals surface area contributed by atoms with Crippen molar-refractivity contribution in [2.24, 2.45) is 0 Å². The van der Waals surface area contributed by atoms with Crippen molar-refractivity contribution in [3.63, 3.8) is 0 Å². The Morgan fingerprint density at radius 3 is 2.72 bits per heavy atom. The largest absolute Gasteiger partial charge is 0.346 e. The Hall–Kier alpha value is -2.97. The van der Waals surface area contributed by atoms with Crippen molar-refractivity contribution in [2.45, 2.75) is 45.3 Å². The molecule has 0 aliphatic heterocycles. The molecule has 2 N–H and O–H groups in total. The number of amides is 3. The lowest BCUT2D eigenvalue weighted by atomic mass is 10.3. The molecule has 3 amide bonds. The highest BCUT2D eigenvalue weighted by molar-refractivity contribution is 5.94. The van der Waals surface area contributed by atoms with E-state index >= 15 is 0 Å². The Labute approximate surface area is 144 Å². The number of imide groups is 1. The number of pyridine rings is 1. The van der Waals surface area contributed by atoms with Crippen LogP contribution in [0.1, 0.15) is 32.7 Å². The zero-order chi connectivity index (χ0) is 18.0. The van der Waals surface area contributed by atoms with Crippen LogP contribution in [0.5, 0.6) is 0 Å². The van der Waals surface area contributed by atoms with Gasteiger partial charge in [0.15, 0.2) is 5.82 Å². The summed E-state index contributed by atoms with van der Waals surface area (Å²) in [5, 5.41) is 9.03. The molecule has 0 bridgehead atoms. The molecule has 0 saturated heterocycles. The molecule has 2 heterocycles. The van der Waals surface area contributed by atoms with Crippen LogP contribution in [0, 0.1) is 0 Å². The topological polar surface area (TPSA) is 111 Å². The third-order valence-electron chi connectivity index (χ3n) is 3.67. The number of hydrogen-bond donors (Lipinski definition) is 2. The molecule has 1 fully saturated rings. The molecule has 132 valence electrons. The van der Waals surface area contributed by atoms with Crippen LogP contribution in [0.2, 0.25) is 0 Å². The van der Waals surface area contributed by atoms with Gasteiger partial charge in [0.05, 0.1) is 0 Å². The maximum absolute atomic E-state index is 12.6. The molecule has 2 aromatic rings. The SMILES string of the molecule is CC(C)NC(=O)NC(=O)Cn1nc(-c2cccnc2)n(C2CC2)c1=O. The molecule has 1 aliphatic rings. The smallest absolute Gasteiger partial charge is 0.336 e. The number of carbonyl (C=O) groups is 2. The number of urea groups is 1. The molecule has 0 aromatic carbocycles. The number of aromatic nitrogens is 4. The minimum Gasteiger partial charge on any atom is -0.336 e. The van der Waals surface area contributed by atoms with Crippen LogP contribution < -0.4 is 16.3 Å². The minimum atomic E-state index is -0.599. The molecule has 25 heavy (non-hydrogen) atoms. The molecule has 0 spiro atoms. The molecule has 2 aromatic heterocycles. The second-order valence-corrected chi connectivity index (χ2v) is 6.28. The first-order valence-corrected chi connectivity index (χ1v) is 8.16. The summed E-state index contributed by atoms with van der Waals surface area (Å²) in [6, 6.07) is 2.99. The number of nitrogens with one attached hydrogen (secondary N) is 2. The van der Waals surface area contributed by atoms with Crippen LogP contribution in [0.15, 0.2) is 29.3 Å². The third-order valence-corrected chi connectivity index (χ3v) is 3.67. The van der Waals surface area contributed by atoms with E-state index in [2.05, 4.69) is 20.7 Å². The molecule has 9 nitrogen and oxygen atoms in total. The maximum Gasteiger partial charge on any atom is 0.346 e. The number of rotatable bonds is 5. The van der Waals surface area contributed by atoms with Crippen LogP contribution in [0.25, 0.3) is 11.4 Å². The molecular formula is C16H20N6O3. The lowest BCUT2D eigenvalue weighted by Gasteiger charge is -2.08. The predicted octanol–water partition coefficient (Wildman–Crippen LogP) is 0.676. The van der Waals surface area contributed by atoms with E-state index in [0.717, 1.165) is 17.5 Å². The van der Waals surface area contributed by atoms with E-state index in [1.54, 1.807) is 36.9 Å². The third kappa shape index (κ3) is 3.93. The molecule has 1 saturated carbocycles. The van der Waals surface area contributed by atoms with Gasteiger partial charge in [-0.05, 0) is 38.8 Å². The highest BCUT2D eigenvalue weighted by Gasteiger charge is 2.30. The normalized spacial score (nSPS) is 13.7. The average molecular weight is 344 g/mol. The van der Waals surface area contributed by atoms with E-state index in [-0.39, 0.29) is 24.3 Å². The van der Waals surface area contributed by atoms with E-state index in [4.69, 9.17) is 0 Å². The molecule has 1 aliphatic carbocycles. The number of nitrogens with zero attached hydrogens (tertiary/aromatic N) is 4. The Bertz CT molecular complexity index is 835. The van der Waals surface area contributed by atoms with Gasteiger partial charge in [0, 0.05) is 30.0 Å². The van der Waals surface area contributed by atoms with Crippen LogP contribution in [0.4, 0.5) is 4.79 Å². The van der Waals surface area contributed by atoms with Crippen molar-refractivity contribution in [2.75, 3.05) is 0 Å². The lowest BCUT2D eigenvalue weighted by molar-refractivity contribution is -0.120. The fourth-order valence-corrected chi connectivity index (χ4v) is 2.48. The van der Waals surface area contributed by atoms with Crippen molar-refractivity contribution < 1.29 is 9.59 Å². The fraction of sp³-hybridized carbons (Fsp3) is 0.438. The van der Waals surface area contributed by atoms with Gasteiger partial charge in [-0.25, -0.2) is 14.3 Å². The van der Waals surface area contributed by atoms with Crippen molar-refractivity contribution in [1.29, 1.82) is 0 Å².